The Morgan fingerprint density at radius 1 is 1.40 bits per heavy atom. The summed E-state index contributed by atoms with van der Waals surface area (Å²) in [4.78, 5) is 4.13. The summed E-state index contributed by atoms with van der Waals surface area (Å²) >= 11 is 0. The molecule has 74 valence electrons. The predicted molar refractivity (Wildman–Crippen MR) is 53.8 cm³/mol. The molecule has 0 bridgehead atoms. The van der Waals surface area contributed by atoms with Crippen LogP contribution >= 0.6 is 0 Å². The molecule has 0 aliphatic rings. The first-order chi connectivity index (χ1) is 7.31. The van der Waals surface area contributed by atoms with Gasteiger partial charge in [-0.1, -0.05) is 23.4 Å². The highest BCUT2D eigenvalue weighted by Gasteiger charge is 2.09. The molecule has 1 aromatic heterocycles. The molecule has 1 heterocycles. The highest BCUT2D eigenvalue weighted by molar-refractivity contribution is 5.57. The van der Waals surface area contributed by atoms with Gasteiger partial charge in [0.15, 0.2) is 5.82 Å². The Hall–Kier alpha value is -2.15. The Morgan fingerprint density at radius 3 is 2.93 bits per heavy atom. The molecule has 0 aliphatic heterocycles. The Balaban J connectivity index is 2.38. The molecule has 0 aliphatic carbocycles. The van der Waals surface area contributed by atoms with Crippen molar-refractivity contribution in [3.8, 4) is 17.5 Å². The van der Waals surface area contributed by atoms with E-state index in [4.69, 9.17) is 9.78 Å². The fourth-order valence-electron chi connectivity index (χ4n) is 1.32. The van der Waals surface area contributed by atoms with Crippen LogP contribution in [-0.4, -0.2) is 10.1 Å². The van der Waals surface area contributed by atoms with Crippen LogP contribution in [0.4, 0.5) is 0 Å². The van der Waals surface area contributed by atoms with Crippen molar-refractivity contribution in [2.24, 2.45) is 0 Å². The van der Waals surface area contributed by atoms with E-state index in [1.54, 1.807) is 0 Å². The largest absolute Gasteiger partial charge is 0.334 e. The van der Waals surface area contributed by atoms with Crippen molar-refractivity contribution in [3.05, 3.63) is 35.7 Å². The van der Waals surface area contributed by atoms with Gasteiger partial charge in [0.25, 0.3) is 5.89 Å². The van der Waals surface area contributed by atoms with E-state index in [1.807, 2.05) is 37.3 Å². The van der Waals surface area contributed by atoms with Gasteiger partial charge >= 0.3 is 0 Å². The molecule has 4 nitrogen and oxygen atoms in total. The van der Waals surface area contributed by atoms with Gasteiger partial charge in [-0.25, -0.2) is 0 Å². The molecule has 0 saturated carbocycles. The number of hydrogen-bond donors (Lipinski definition) is 0. The molecule has 0 spiro atoms. The van der Waals surface area contributed by atoms with Crippen LogP contribution in [0, 0.1) is 18.3 Å². The van der Waals surface area contributed by atoms with Crippen LogP contribution in [0.2, 0.25) is 0 Å². The molecule has 1 aromatic carbocycles. The first kappa shape index (κ1) is 9.41. The normalized spacial score (nSPS) is 9.87. The van der Waals surface area contributed by atoms with Crippen LogP contribution in [0.25, 0.3) is 11.5 Å². The molecule has 0 amide bonds. The second-order valence-electron chi connectivity index (χ2n) is 3.17. The van der Waals surface area contributed by atoms with Crippen LogP contribution < -0.4 is 0 Å². The maximum atomic E-state index is 8.48. The number of nitriles is 1. The Bertz CT molecular complexity index is 511. The van der Waals surface area contributed by atoms with E-state index in [-0.39, 0.29) is 6.42 Å². The van der Waals surface area contributed by atoms with E-state index < -0.39 is 0 Å². The zero-order valence-electron chi connectivity index (χ0n) is 8.27. The second-order valence-corrected chi connectivity index (χ2v) is 3.17. The summed E-state index contributed by atoms with van der Waals surface area (Å²) in [5.74, 6) is 0.897. The Morgan fingerprint density at radius 2 is 2.20 bits per heavy atom. The summed E-state index contributed by atoms with van der Waals surface area (Å²) < 4.78 is 5.07. The SMILES string of the molecule is Cc1ccccc1-c1nc(CC#N)no1. The van der Waals surface area contributed by atoms with E-state index in [1.165, 1.54) is 0 Å². The quantitative estimate of drug-likeness (QED) is 0.743. The van der Waals surface area contributed by atoms with Crippen LogP contribution in [0.1, 0.15) is 11.4 Å². The molecule has 2 rings (SSSR count). The Labute approximate surface area is 87.2 Å². The molecule has 15 heavy (non-hydrogen) atoms. The average Bonchev–Trinajstić information content (AvgIpc) is 2.68. The van der Waals surface area contributed by atoms with Crippen LogP contribution in [0.5, 0.6) is 0 Å². The summed E-state index contributed by atoms with van der Waals surface area (Å²) in [7, 11) is 0. The number of rotatable bonds is 2. The summed E-state index contributed by atoms with van der Waals surface area (Å²) in [6.45, 7) is 1.98. The fraction of sp³-hybridized carbons (Fsp3) is 0.182. The van der Waals surface area contributed by atoms with Gasteiger partial charge in [0, 0.05) is 5.56 Å². The number of nitrogens with zero attached hydrogens (tertiary/aromatic N) is 3. The third-order valence-electron chi connectivity index (χ3n) is 2.08. The molecule has 0 radical (unpaired) electrons. The summed E-state index contributed by atoms with van der Waals surface area (Å²) in [6.07, 6.45) is 0.176. The Kier molecular flexibility index (Phi) is 2.46. The van der Waals surface area contributed by atoms with Gasteiger partial charge in [-0.15, -0.1) is 0 Å². The highest BCUT2D eigenvalue weighted by atomic mass is 16.5. The van der Waals surface area contributed by atoms with Crippen molar-refractivity contribution in [1.82, 2.24) is 10.1 Å². The molecular weight excluding hydrogens is 190 g/mol. The number of aryl methyl sites for hydroxylation is 1. The second kappa shape index (κ2) is 3.93. The summed E-state index contributed by atoms with van der Waals surface area (Å²) in [5.41, 5.74) is 1.99. The van der Waals surface area contributed by atoms with E-state index >= 15 is 0 Å². The van der Waals surface area contributed by atoms with Crippen molar-refractivity contribution in [3.63, 3.8) is 0 Å². The molecule has 0 fully saturated rings. The lowest BCUT2D eigenvalue weighted by molar-refractivity contribution is 0.424. The van der Waals surface area contributed by atoms with Gasteiger partial charge in [0.05, 0.1) is 12.5 Å². The summed E-state index contributed by atoms with van der Waals surface area (Å²) in [5, 5.41) is 12.2. The van der Waals surface area contributed by atoms with Crippen LogP contribution in [0.15, 0.2) is 28.8 Å². The lowest BCUT2D eigenvalue weighted by Crippen LogP contribution is -1.85. The number of hydrogen-bond acceptors (Lipinski definition) is 4. The summed E-state index contributed by atoms with van der Waals surface area (Å²) in [6, 6.07) is 9.73. The van der Waals surface area contributed by atoms with Gasteiger partial charge < -0.3 is 4.52 Å². The molecule has 0 saturated heterocycles. The topological polar surface area (TPSA) is 62.7 Å². The highest BCUT2D eigenvalue weighted by Crippen LogP contribution is 2.20. The predicted octanol–water partition coefficient (Wildman–Crippen LogP) is 2.11. The minimum absolute atomic E-state index is 0.176. The van der Waals surface area contributed by atoms with Crippen molar-refractivity contribution < 1.29 is 4.52 Å². The lowest BCUT2D eigenvalue weighted by Gasteiger charge is -1.97. The van der Waals surface area contributed by atoms with E-state index in [2.05, 4.69) is 10.1 Å². The maximum absolute atomic E-state index is 8.48. The van der Waals surface area contributed by atoms with Gasteiger partial charge in [-0.3, -0.25) is 0 Å². The van der Waals surface area contributed by atoms with Gasteiger partial charge in [0.1, 0.15) is 0 Å². The van der Waals surface area contributed by atoms with Crippen molar-refractivity contribution in [2.45, 2.75) is 13.3 Å². The van der Waals surface area contributed by atoms with Gasteiger partial charge in [-0.2, -0.15) is 10.2 Å². The van der Waals surface area contributed by atoms with Crippen molar-refractivity contribution in [2.75, 3.05) is 0 Å². The lowest BCUT2D eigenvalue weighted by atomic mass is 10.1. The standard InChI is InChI=1S/C11H9N3O/c1-8-4-2-3-5-9(8)11-13-10(6-7-12)14-15-11/h2-5H,6H2,1H3. The van der Waals surface area contributed by atoms with Crippen molar-refractivity contribution in [1.29, 1.82) is 5.26 Å². The van der Waals surface area contributed by atoms with Crippen LogP contribution in [0.3, 0.4) is 0 Å². The van der Waals surface area contributed by atoms with E-state index in [0.717, 1.165) is 11.1 Å². The minimum atomic E-state index is 0.176. The first-order valence-corrected chi connectivity index (χ1v) is 4.57. The van der Waals surface area contributed by atoms with E-state index in [9.17, 15) is 0 Å². The first-order valence-electron chi connectivity index (χ1n) is 4.57. The number of aromatic nitrogens is 2. The number of benzene rings is 1. The maximum Gasteiger partial charge on any atom is 0.258 e. The third kappa shape index (κ3) is 1.86. The molecule has 4 heteroatoms. The third-order valence-corrected chi connectivity index (χ3v) is 2.08. The minimum Gasteiger partial charge on any atom is -0.334 e. The smallest absolute Gasteiger partial charge is 0.258 e. The molecule has 0 unspecified atom stereocenters. The van der Waals surface area contributed by atoms with E-state index in [0.29, 0.717) is 11.7 Å². The zero-order valence-corrected chi connectivity index (χ0v) is 8.27. The molecule has 2 aromatic rings. The van der Waals surface area contributed by atoms with Crippen LogP contribution in [-0.2, 0) is 6.42 Å². The average molecular weight is 199 g/mol. The van der Waals surface area contributed by atoms with Crippen molar-refractivity contribution >= 4 is 0 Å². The molecule has 0 N–H and O–H groups in total. The monoisotopic (exact) mass is 199 g/mol. The molecule has 0 atom stereocenters. The molecular formula is C11H9N3O. The fourth-order valence-corrected chi connectivity index (χ4v) is 1.32. The van der Waals surface area contributed by atoms with Gasteiger partial charge in [0.2, 0.25) is 0 Å². The van der Waals surface area contributed by atoms with Gasteiger partial charge in [-0.05, 0) is 18.6 Å². The zero-order chi connectivity index (χ0) is 10.7.